The predicted octanol–water partition coefficient (Wildman–Crippen LogP) is 3.56. The maximum atomic E-state index is 13.8. The van der Waals surface area contributed by atoms with Crippen LogP contribution in [0.25, 0.3) is 0 Å². The molecular formula is C19H18FNO4. The van der Waals surface area contributed by atoms with Crippen LogP contribution < -0.4 is 0 Å². The average molecular weight is 343 g/mol. The molecule has 2 heterocycles. The zero-order valence-corrected chi connectivity index (χ0v) is 13.6. The number of nitrogens with zero attached hydrogens (tertiary/aromatic N) is 1. The Morgan fingerprint density at radius 2 is 2.08 bits per heavy atom. The van der Waals surface area contributed by atoms with E-state index >= 15 is 0 Å². The van der Waals surface area contributed by atoms with Gasteiger partial charge in [-0.05, 0) is 48.7 Å². The lowest BCUT2D eigenvalue weighted by Gasteiger charge is -2.48. The van der Waals surface area contributed by atoms with Crippen molar-refractivity contribution in [1.82, 2.24) is 4.90 Å². The van der Waals surface area contributed by atoms with E-state index in [0.29, 0.717) is 18.6 Å². The molecule has 1 aromatic heterocycles. The molecule has 1 N–H and O–H groups in total. The summed E-state index contributed by atoms with van der Waals surface area (Å²) in [6, 6.07) is 7.30. The molecule has 1 amide bonds. The van der Waals surface area contributed by atoms with E-state index in [1.165, 1.54) is 24.5 Å². The maximum absolute atomic E-state index is 13.8. The summed E-state index contributed by atoms with van der Waals surface area (Å²) >= 11 is 0. The van der Waals surface area contributed by atoms with Gasteiger partial charge in [0.05, 0.1) is 18.3 Å². The minimum absolute atomic E-state index is 0.215. The number of hydrogen-bond donors (Lipinski definition) is 1. The van der Waals surface area contributed by atoms with E-state index in [1.54, 1.807) is 17.0 Å². The number of benzene rings is 1. The summed E-state index contributed by atoms with van der Waals surface area (Å²) in [4.78, 5) is 26.9. The summed E-state index contributed by atoms with van der Waals surface area (Å²) in [5.41, 5.74) is -0.288. The first-order valence-electron chi connectivity index (χ1n) is 8.39. The fourth-order valence-electron chi connectivity index (χ4n) is 4.46. The molecule has 2 aromatic rings. The number of amides is 1. The molecule has 0 saturated heterocycles. The lowest BCUT2D eigenvalue weighted by Crippen LogP contribution is -2.58. The largest absolute Gasteiger partial charge is 0.481 e. The minimum atomic E-state index is -1.02. The number of aliphatic carboxylic acids is 1. The molecule has 2 aliphatic rings. The van der Waals surface area contributed by atoms with Gasteiger partial charge in [0.15, 0.2) is 0 Å². The van der Waals surface area contributed by atoms with Crippen LogP contribution in [0.3, 0.4) is 0 Å². The topological polar surface area (TPSA) is 70.8 Å². The van der Waals surface area contributed by atoms with Gasteiger partial charge in [-0.25, -0.2) is 4.39 Å². The van der Waals surface area contributed by atoms with Crippen LogP contribution in [0.15, 0.2) is 41.0 Å². The van der Waals surface area contributed by atoms with Crippen LogP contribution in [0.5, 0.6) is 0 Å². The van der Waals surface area contributed by atoms with Gasteiger partial charge in [0.25, 0.3) is 5.91 Å². The van der Waals surface area contributed by atoms with Crippen molar-refractivity contribution in [3.05, 3.63) is 59.3 Å². The van der Waals surface area contributed by atoms with Crippen molar-refractivity contribution in [2.24, 2.45) is 0 Å². The summed E-state index contributed by atoms with van der Waals surface area (Å²) in [6.07, 6.45) is 4.40. The average Bonchev–Trinajstić information content (AvgIpc) is 3.23. The van der Waals surface area contributed by atoms with Gasteiger partial charge in [0.1, 0.15) is 17.5 Å². The van der Waals surface area contributed by atoms with E-state index in [0.717, 1.165) is 12.8 Å². The number of carboxylic acids is 1. The van der Waals surface area contributed by atoms with Gasteiger partial charge in [-0.3, -0.25) is 9.59 Å². The third kappa shape index (κ3) is 2.35. The molecule has 1 fully saturated rings. The van der Waals surface area contributed by atoms with E-state index in [2.05, 4.69) is 0 Å². The second kappa shape index (κ2) is 5.72. The van der Waals surface area contributed by atoms with Crippen LogP contribution in [-0.2, 0) is 11.3 Å². The van der Waals surface area contributed by atoms with Crippen LogP contribution in [-0.4, -0.2) is 27.4 Å². The van der Waals surface area contributed by atoms with Crippen molar-refractivity contribution in [3.8, 4) is 0 Å². The molecule has 1 spiro atoms. The molecule has 0 radical (unpaired) electrons. The Hall–Kier alpha value is -2.63. The van der Waals surface area contributed by atoms with Crippen molar-refractivity contribution in [2.75, 3.05) is 0 Å². The highest BCUT2D eigenvalue weighted by molar-refractivity contribution is 6.01. The Kier molecular flexibility index (Phi) is 3.63. The van der Waals surface area contributed by atoms with E-state index in [9.17, 15) is 19.1 Å². The van der Waals surface area contributed by atoms with Crippen LogP contribution in [0, 0.1) is 5.82 Å². The number of carbonyl (C=O) groups is 2. The predicted molar refractivity (Wildman–Crippen MR) is 86.6 cm³/mol. The Bertz CT molecular complexity index is 824. The smallest absolute Gasteiger partial charge is 0.313 e. The Morgan fingerprint density at radius 3 is 2.72 bits per heavy atom. The fraction of sp³-hybridized carbons (Fsp3) is 0.368. The van der Waals surface area contributed by atoms with Crippen molar-refractivity contribution in [3.63, 3.8) is 0 Å². The molecule has 1 atom stereocenters. The maximum Gasteiger partial charge on any atom is 0.313 e. The highest BCUT2D eigenvalue weighted by Gasteiger charge is 2.56. The monoisotopic (exact) mass is 343 g/mol. The lowest BCUT2D eigenvalue weighted by molar-refractivity contribution is -0.143. The summed E-state index contributed by atoms with van der Waals surface area (Å²) in [6.45, 7) is 0.215. The van der Waals surface area contributed by atoms with Gasteiger partial charge in [-0.15, -0.1) is 0 Å². The Morgan fingerprint density at radius 1 is 1.32 bits per heavy atom. The van der Waals surface area contributed by atoms with Gasteiger partial charge >= 0.3 is 5.97 Å². The standard InChI is InChI=1S/C19H18FNO4/c20-12-5-6-14-15(10-12)16(18(23)24)19(7-1-2-8-19)21(17(14)22)11-13-4-3-9-25-13/h3-6,9-10,16H,1-2,7-8,11H2,(H,23,24). The molecule has 5 nitrogen and oxygen atoms in total. The number of carbonyl (C=O) groups excluding carboxylic acids is 1. The second-order valence-corrected chi connectivity index (χ2v) is 6.78. The second-order valence-electron chi connectivity index (χ2n) is 6.78. The molecule has 1 saturated carbocycles. The van der Waals surface area contributed by atoms with Crippen molar-refractivity contribution >= 4 is 11.9 Å². The van der Waals surface area contributed by atoms with Crippen LogP contribution in [0.4, 0.5) is 4.39 Å². The van der Waals surface area contributed by atoms with Gasteiger partial charge < -0.3 is 14.4 Å². The van der Waals surface area contributed by atoms with E-state index in [-0.39, 0.29) is 23.6 Å². The molecule has 130 valence electrons. The molecule has 6 heteroatoms. The molecule has 1 aliphatic carbocycles. The SMILES string of the molecule is O=C(O)C1c2cc(F)ccc2C(=O)N(Cc2ccco2)C12CCCC2. The molecule has 25 heavy (non-hydrogen) atoms. The molecular weight excluding hydrogens is 325 g/mol. The molecule has 4 rings (SSSR count). The van der Waals surface area contributed by atoms with Crippen molar-refractivity contribution in [1.29, 1.82) is 0 Å². The molecule has 0 bridgehead atoms. The zero-order valence-electron chi connectivity index (χ0n) is 13.6. The Labute approximate surface area is 144 Å². The first kappa shape index (κ1) is 15.9. The number of rotatable bonds is 3. The lowest BCUT2D eigenvalue weighted by atomic mass is 9.71. The van der Waals surface area contributed by atoms with E-state index < -0.39 is 23.2 Å². The summed E-state index contributed by atoms with van der Waals surface area (Å²) in [5, 5.41) is 9.95. The number of hydrogen-bond acceptors (Lipinski definition) is 3. The number of carboxylic acid groups (broad SMARTS) is 1. The van der Waals surface area contributed by atoms with Gasteiger partial charge in [0.2, 0.25) is 0 Å². The third-order valence-electron chi connectivity index (χ3n) is 5.49. The van der Waals surface area contributed by atoms with Crippen molar-refractivity contribution in [2.45, 2.75) is 43.7 Å². The normalized spacial score (nSPS) is 21.6. The van der Waals surface area contributed by atoms with Gasteiger partial charge in [-0.2, -0.15) is 0 Å². The molecule has 1 aliphatic heterocycles. The Balaban J connectivity index is 1.90. The summed E-state index contributed by atoms with van der Waals surface area (Å²) in [7, 11) is 0. The first-order valence-corrected chi connectivity index (χ1v) is 8.39. The summed E-state index contributed by atoms with van der Waals surface area (Å²) in [5.74, 6) is -2.13. The third-order valence-corrected chi connectivity index (χ3v) is 5.49. The number of furan rings is 1. The first-order chi connectivity index (χ1) is 12.0. The minimum Gasteiger partial charge on any atom is -0.481 e. The van der Waals surface area contributed by atoms with Gasteiger partial charge in [0, 0.05) is 5.56 Å². The van der Waals surface area contributed by atoms with Crippen LogP contribution >= 0.6 is 0 Å². The van der Waals surface area contributed by atoms with Crippen LogP contribution in [0.1, 0.15) is 53.3 Å². The van der Waals surface area contributed by atoms with Crippen LogP contribution in [0.2, 0.25) is 0 Å². The highest BCUT2D eigenvalue weighted by atomic mass is 19.1. The zero-order chi connectivity index (χ0) is 17.6. The summed E-state index contributed by atoms with van der Waals surface area (Å²) < 4.78 is 19.2. The number of halogens is 1. The van der Waals surface area contributed by atoms with E-state index in [4.69, 9.17) is 4.42 Å². The fourth-order valence-corrected chi connectivity index (χ4v) is 4.46. The van der Waals surface area contributed by atoms with Crippen molar-refractivity contribution < 1.29 is 23.5 Å². The molecule has 1 aromatic carbocycles. The molecule has 1 unspecified atom stereocenters. The quantitative estimate of drug-likeness (QED) is 0.925. The number of fused-ring (bicyclic) bond motifs is 1. The van der Waals surface area contributed by atoms with Gasteiger partial charge in [-0.1, -0.05) is 12.8 Å². The highest BCUT2D eigenvalue weighted by Crippen LogP contribution is 2.51. The van der Waals surface area contributed by atoms with E-state index in [1.807, 2.05) is 0 Å².